The highest BCUT2D eigenvalue weighted by molar-refractivity contribution is 6.01. The zero-order valence-electron chi connectivity index (χ0n) is 18.1. The monoisotopic (exact) mass is 472 g/mol. The molecular formula is C22H27F3N2O6. The zero-order chi connectivity index (χ0) is 23.8. The Balaban J connectivity index is 1.51. The molecule has 1 saturated heterocycles. The number of hydrogen-bond acceptors (Lipinski definition) is 6. The Morgan fingerprint density at radius 1 is 1.27 bits per heavy atom. The van der Waals surface area contributed by atoms with Crippen LogP contribution in [0.4, 0.5) is 18.0 Å². The molecule has 0 spiro atoms. The number of likely N-dealkylation sites (tertiary alicyclic amines) is 1. The van der Waals surface area contributed by atoms with E-state index in [0.29, 0.717) is 47.6 Å². The van der Waals surface area contributed by atoms with Crippen molar-refractivity contribution in [3.63, 3.8) is 0 Å². The van der Waals surface area contributed by atoms with Gasteiger partial charge in [0, 0.05) is 7.11 Å². The van der Waals surface area contributed by atoms with Gasteiger partial charge in [-0.25, -0.2) is 4.79 Å². The lowest BCUT2D eigenvalue weighted by Gasteiger charge is -2.47. The van der Waals surface area contributed by atoms with Gasteiger partial charge in [-0.3, -0.25) is 9.69 Å². The van der Waals surface area contributed by atoms with Crippen molar-refractivity contribution >= 4 is 11.9 Å². The third kappa shape index (κ3) is 4.61. The largest absolute Gasteiger partial charge is 0.454 e. The smallest absolute Gasteiger partial charge is 0.408 e. The number of urea groups is 1. The highest BCUT2D eigenvalue weighted by Gasteiger charge is 2.56. The number of methoxy groups -OCH3 is 1. The molecule has 4 rings (SSSR count). The predicted octanol–water partition coefficient (Wildman–Crippen LogP) is 2.97. The van der Waals surface area contributed by atoms with Gasteiger partial charge in [0.25, 0.3) is 0 Å². The van der Waals surface area contributed by atoms with E-state index < -0.39 is 48.3 Å². The van der Waals surface area contributed by atoms with Crippen LogP contribution in [0.15, 0.2) is 18.2 Å². The molecule has 1 saturated carbocycles. The fraction of sp³-hybridized carbons (Fsp3) is 0.636. The molecule has 8 nitrogen and oxygen atoms in total. The number of amides is 3. The Hall–Kier alpha value is -2.53. The van der Waals surface area contributed by atoms with Crippen LogP contribution in [0, 0.1) is 11.8 Å². The Morgan fingerprint density at radius 3 is 2.67 bits per heavy atom. The first-order valence-electron chi connectivity index (χ1n) is 11.0. The molecule has 1 aliphatic carbocycles. The minimum absolute atomic E-state index is 0.0314. The molecule has 2 N–H and O–H groups in total. The van der Waals surface area contributed by atoms with Crippen LogP contribution >= 0.6 is 0 Å². The van der Waals surface area contributed by atoms with Crippen molar-refractivity contribution in [2.45, 2.75) is 63.1 Å². The number of fused-ring (bicyclic) bond motifs is 1. The molecule has 0 bridgehead atoms. The first-order chi connectivity index (χ1) is 15.7. The maximum atomic E-state index is 13.7. The molecule has 3 unspecified atom stereocenters. The molecule has 3 amide bonds. The number of nitrogens with one attached hydrogen (secondary N) is 1. The number of nitrogens with zero attached hydrogens (tertiary/aromatic N) is 1. The third-order valence-corrected chi connectivity index (χ3v) is 6.69. The lowest BCUT2D eigenvalue weighted by Crippen LogP contribution is -2.71. The van der Waals surface area contributed by atoms with Crippen LogP contribution in [-0.4, -0.2) is 60.4 Å². The van der Waals surface area contributed by atoms with E-state index in [2.05, 4.69) is 0 Å². The van der Waals surface area contributed by atoms with E-state index in [4.69, 9.17) is 14.2 Å². The Kier molecular flexibility index (Phi) is 6.71. The predicted molar refractivity (Wildman–Crippen MR) is 108 cm³/mol. The van der Waals surface area contributed by atoms with Gasteiger partial charge in [0.2, 0.25) is 12.7 Å². The summed E-state index contributed by atoms with van der Waals surface area (Å²) in [5.74, 6) is -1.33. The number of hydrogen-bond donors (Lipinski definition) is 2. The standard InChI is InChI=1S/C22H27F3N2O6/c1-31-20(29)16-14(10-13-8-5-9-15-17(13)33-11-32-15)19(28)27(16)21(30)26-18(22(23,24)25)12-6-3-2-4-7-12/h5,8-9,12,14,16,18,20,29H,2-4,6-7,10-11H2,1H3,(H,26,30)/t14-,16?,18?,20?/m1/s1. The highest BCUT2D eigenvalue weighted by atomic mass is 19.4. The minimum atomic E-state index is -4.65. The van der Waals surface area contributed by atoms with Gasteiger partial charge < -0.3 is 24.6 Å². The number of rotatable bonds is 6. The number of aliphatic hydroxyl groups is 1. The van der Waals surface area contributed by atoms with Crippen molar-refractivity contribution in [1.29, 1.82) is 0 Å². The number of carbonyl (C=O) groups excluding carboxylic acids is 2. The molecule has 11 heteroatoms. The molecular weight excluding hydrogens is 445 g/mol. The first-order valence-corrected chi connectivity index (χ1v) is 11.0. The van der Waals surface area contributed by atoms with Crippen LogP contribution in [0.1, 0.15) is 37.7 Å². The summed E-state index contributed by atoms with van der Waals surface area (Å²) in [4.78, 5) is 26.4. The SMILES string of the molecule is COC(O)C1[C@@H](Cc2cccc3c2OCO3)C(=O)N1C(=O)NC(C1CCCCC1)C(F)(F)F. The maximum absolute atomic E-state index is 13.7. The second kappa shape index (κ2) is 9.38. The molecule has 1 aromatic rings. The van der Waals surface area contributed by atoms with E-state index in [1.54, 1.807) is 18.2 Å². The highest BCUT2D eigenvalue weighted by Crippen LogP contribution is 2.41. The van der Waals surface area contributed by atoms with Crippen LogP contribution in [0.2, 0.25) is 0 Å². The molecule has 0 aromatic heterocycles. The molecule has 2 heterocycles. The summed E-state index contributed by atoms with van der Waals surface area (Å²) in [6, 6.07) is 0.779. The van der Waals surface area contributed by atoms with E-state index in [-0.39, 0.29) is 13.2 Å². The van der Waals surface area contributed by atoms with Gasteiger partial charge in [-0.05, 0) is 36.8 Å². The molecule has 0 radical (unpaired) electrons. The summed E-state index contributed by atoms with van der Waals surface area (Å²) in [5, 5.41) is 12.3. The van der Waals surface area contributed by atoms with E-state index in [1.165, 1.54) is 7.11 Å². The number of halogens is 3. The van der Waals surface area contributed by atoms with E-state index in [0.717, 1.165) is 6.42 Å². The average molecular weight is 472 g/mol. The van der Waals surface area contributed by atoms with Gasteiger partial charge in [-0.1, -0.05) is 31.4 Å². The number of para-hydroxylation sites is 1. The molecule has 33 heavy (non-hydrogen) atoms. The fourth-order valence-electron chi connectivity index (χ4n) is 5.00. The first kappa shape index (κ1) is 23.6. The van der Waals surface area contributed by atoms with Crippen molar-refractivity contribution in [3.05, 3.63) is 23.8 Å². The van der Waals surface area contributed by atoms with E-state index in [9.17, 15) is 27.9 Å². The summed E-state index contributed by atoms with van der Waals surface area (Å²) in [6.45, 7) is 0.0314. The second-order valence-corrected chi connectivity index (χ2v) is 8.65. The van der Waals surface area contributed by atoms with Gasteiger partial charge in [0.1, 0.15) is 12.1 Å². The molecule has 2 aliphatic heterocycles. The van der Waals surface area contributed by atoms with Gasteiger partial charge >= 0.3 is 12.2 Å². The van der Waals surface area contributed by atoms with Crippen LogP contribution in [0.3, 0.4) is 0 Å². The lowest BCUT2D eigenvalue weighted by molar-refractivity contribution is -0.188. The van der Waals surface area contributed by atoms with Gasteiger partial charge in [-0.15, -0.1) is 0 Å². The Labute approximate surface area is 189 Å². The van der Waals surface area contributed by atoms with Crippen molar-refractivity contribution in [2.75, 3.05) is 13.9 Å². The van der Waals surface area contributed by atoms with Gasteiger partial charge in [0.05, 0.1) is 5.92 Å². The summed E-state index contributed by atoms with van der Waals surface area (Å²) < 4.78 is 56.9. The maximum Gasteiger partial charge on any atom is 0.408 e. The summed E-state index contributed by atoms with van der Waals surface area (Å²) in [6.07, 6.45) is -3.20. The van der Waals surface area contributed by atoms with Crippen molar-refractivity contribution in [3.8, 4) is 11.5 Å². The normalized spacial score (nSPS) is 24.9. The number of benzene rings is 1. The number of imide groups is 1. The van der Waals surface area contributed by atoms with Crippen LogP contribution in [0.25, 0.3) is 0 Å². The quantitative estimate of drug-likeness (QED) is 0.488. The van der Waals surface area contributed by atoms with Crippen LogP contribution < -0.4 is 14.8 Å². The van der Waals surface area contributed by atoms with Crippen molar-refractivity contribution < 1.29 is 42.1 Å². The lowest BCUT2D eigenvalue weighted by atomic mass is 9.81. The summed E-state index contributed by atoms with van der Waals surface area (Å²) in [5.41, 5.74) is 0.632. The Bertz CT molecular complexity index is 889. The molecule has 182 valence electrons. The van der Waals surface area contributed by atoms with Gasteiger partial charge in [-0.2, -0.15) is 13.2 Å². The van der Waals surface area contributed by atoms with E-state index in [1.807, 2.05) is 5.32 Å². The number of alkyl halides is 3. The zero-order valence-corrected chi connectivity index (χ0v) is 18.1. The minimum Gasteiger partial charge on any atom is -0.454 e. The fourth-order valence-corrected chi connectivity index (χ4v) is 5.00. The van der Waals surface area contributed by atoms with Crippen molar-refractivity contribution in [1.82, 2.24) is 10.2 Å². The molecule has 3 aliphatic rings. The van der Waals surface area contributed by atoms with Crippen LogP contribution in [-0.2, 0) is 16.0 Å². The third-order valence-electron chi connectivity index (χ3n) is 6.69. The van der Waals surface area contributed by atoms with E-state index >= 15 is 0 Å². The number of carbonyl (C=O) groups is 2. The second-order valence-electron chi connectivity index (χ2n) is 8.65. The Morgan fingerprint density at radius 2 is 2.00 bits per heavy atom. The van der Waals surface area contributed by atoms with Crippen LogP contribution in [0.5, 0.6) is 11.5 Å². The molecule has 1 aromatic carbocycles. The molecule has 2 fully saturated rings. The number of β-lactam (4-membered cyclic amide) rings is 1. The summed E-state index contributed by atoms with van der Waals surface area (Å²) in [7, 11) is 1.19. The van der Waals surface area contributed by atoms with Gasteiger partial charge in [0.15, 0.2) is 17.8 Å². The van der Waals surface area contributed by atoms with Crippen molar-refractivity contribution in [2.24, 2.45) is 11.8 Å². The average Bonchev–Trinajstić information content (AvgIpc) is 3.28. The topological polar surface area (TPSA) is 97.3 Å². The number of ether oxygens (including phenoxy) is 3. The number of aliphatic hydroxyl groups excluding tert-OH is 1. The summed E-state index contributed by atoms with van der Waals surface area (Å²) >= 11 is 0. The molecule has 4 atom stereocenters.